The third-order valence-electron chi connectivity index (χ3n) is 5.18. The predicted molar refractivity (Wildman–Crippen MR) is 118 cm³/mol. The van der Waals surface area contributed by atoms with Crippen LogP contribution in [-0.4, -0.2) is 29.2 Å². The molecule has 0 saturated carbocycles. The van der Waals surface area contributed by atoms with Gasteiger partial charge in [0.25, 0.3) is 11.5 Å². The van der Waals surface area contributed by atoms with Gasteiger partial charge in [-0.1, -0.05) is 48.5 Å². The van der Waals surface area contributed by atoms with Crippen LogP contribution >= 0.6 is 0 Å². The number of fused-ring (bicyclic) bond motifs is 2. The molecule has 1 heterocycles. The summed E-state index contributed by atoms with van der Waals surface area (Å²) in [6.45, 7) is 2.57. The molecule has 1 amide bonds. The van der Waals surface area contributed by atoms with Gasteiger partial charge in [-0.2, -0.15) is 0 Å². The van der Waals surface area contributed by atoms with Crippen molar-refractivity contribution in [3.05, 3.63) is 88.5 Å². The van der Waals surface area contributed by atoms with E-state index in [-0.39, 0.29) is 11.5 Å². The highest BCUT2D eigenvalue weighted by atomic mass is 16.5. The van der Waals surface area contributed by atoms with Gasteiger partial charge < -0.3 is 10.1 Å². The third-order valence-corrected chi connectivity index (χ3v) is 5.18. The van der Waals surface area contributed by atoms with Gasteiger partial charge in [-0.25, -0.2) is 4.98 Å². The molecular formula is C24H23N3O3. The maximum absolute atomic E-state index is 13.1. The van der Waals surface area contributed by atoms with Crippen molar-refractivity contribution >= 4 is 27.6 Å². The van der Waals surface area contributed by atoms with Gasteiger partial charge in [-0.15, -0.1) is 0 Å². The number of carbonyl (C=O) groups excluding carboxylic acids is 1. The lowest BCUT2D eigenvalue weighted by atomic mass is 10.0. The summed E-state index contributed by atoms with van der Waals surface area (Å²) in [5, 5.41) is 5.44. The fourth-order valence-electron chi connectivity index (χ4n) is 3.68. The summed E-state index contributed by atoms with van der Waals surface area (Å²) in [4.78, 5) is 30.8. The topological polar surface area (TPSA) is 73.2 Å². The van der Waals surface area contributed by atoms with Crippen LogP contribution in [-0.2, 0) is 11.3 Å². The molecule has 30 heavy (non-hydrogen) atoms. The van der Waals surface area contributed by atoms with E-state index in [9.17, 15) is 9.59 Å². The first-order valence-electron chi connectivity index (χ1n) is 9.87. The Morgan fingerprint density at radius 3 is 2.53 bits per heavy atom. The molecular weight excluding hydrogens is 378 g/mol. The summed E-state index contributed by atoms with van der Waals surface area (Å²) in [7, 11) is 1.59. The van der Waals surface area contributed by atoms with Gasteiger partial charge in [-0.05, 0) is 35.9 Å². The summed E-state index contributed by atoms with van der Waals surface area (Å²) in [6, 6.07) is 20.2. The Hall–Kier alpha value is -3.51. The Morgan fingerprint density at radius 1 is 1.03 bits per heavy atom. The van der Waals surface area contributed by atoms with Crippen LogP contribution in [0.15, 0.2) is 71.5 Å². The highest BCUT2D eigenvalue weighted by Gasteiger charge is 2.19. The number of ether oxygens (including phenoxy) is 1. The molecule has 1 atom stereocenters. The molecule has 3 aromatic carbocycles. The zero-order valence-electron chi connectivity index (χ0n) is 17.0. The molecule has 0 aliphatic carbocycles. The van der Waals surface area contributed by atoms with Crippen LogP contribution in [0.4, 0.5) is 0 Å². The normalized spacial score (nSPS) is 12.2. The first kappa shape index (κ1) is 19.8. The lowest BCUT2D eigenvalue weighted by Gasteiger charge is -2.20. The van der Waals surface area contributed by atoms with Crippen LogP contribution in [0, 0.1) is 0 Å². The number of carbonyl (C=O) groups is 1. The van der Waals surface area contributed by atoms with Crippen molar-refractivity contribution in [3.8, 4) is 0 Å². The number of methoxy groups -OCH3 is 1. The zero-order chi connectivity index (χ0) is 21.1. The van der Waals surface area contributed by atoms with Gasteiger partial charge in [0.15, 0.2) is 0 Å². The van der Waals surface area contributed by atoms with Crippen molar-refractivity contribution in [2.45, 2.75) is 19.5 Å². The van der Waals surface area contributed by atoms with Gasteiger partial charge in [0.1, 0.15) is 5.82 Å². The molecule has 6 heteroatoms. The maximum atomic E-state index is 13.1. The molecule has 0 aliphatic heterocycles. The van der Waals surface area contributed by atoms with Crippen LogP contribution in [0.2, 0.25) is 0 Å². The smallest absolute Gasteiger partial charge is 0.261 e. The second-order valence-electron chi connectivity index (χ2n) is 7.16. The minimum absolute atomic E-state index is 0.140. The van der Waals surface area contributed by atoms with Crippen LogP contribution < -0.4 is 10.9 Å². The summed E-state index contributed by atoms with van der Waals surface area (Å²) in [5.74, 6) is 0.296. The predicted octanol–water partition coefficient (Wildman–Crippen LogP) is 3.69. The first-order valence-corrected chi connectivity index (χ1v) is 9.87. The Labute approximate surface area is 174 Å². The fourth-order valence-corrected chi connectivity index (χ4v) is 3.68. The largest absolute Gasteiger partial charge is 0.383 e. The fraction of sp³-hybridized carbons (Fsp3) is 0.208. The number of hydrogen-bond donors (Lipinski definition) is 1. The van der Waals surface area contributed by atoms with Crippen molar-refractivity contribution in [1.82, 2.24) is 14.9 Å². The molecule has 0 bridgehead atoms. The number of nitrogens with zero attached hydrogens (tertiary/aromatic N) is 2. The van der Waals surface area contributed by atoms with E-state index in [0.29, 0.717) is 35.4 Å². The van der Waals surface area contributed by atoms with Crippen LogP contribution in [0.25, 0.3) is 21.7 Å². The van der Waals surface area contributed by atoms with Gasteiger partial charge in [0, 0.05) is 12.7 Å². The minimum Gasteiger partial charge on any atom is -0.383 e. The Balaban J connectivity index is 1.72. The van der Waals surface area contributed by atoms with Crippen molar-refractivity contribution < 1.29 is 9.53 Å². The van der Waals surface area contributed by atoms with Crippen molar-refractivity contribution in [1.29, 1.82) is 0 Å². The molecule has 0 fully saturated rings. The molecule has 152 valence electrons. The van der Waals surface area contributed by atoms with E-state index >= 15 is 0 Å². The van der Waals surface area contributed by atoms with Crippen LogP contribution in [0.5, 0.6) is 0 Å². The Kier molecular flexibility index (Phi) is 5.59. The van der Waals surface area contributed by atoms with E-state index in [0.717, 1.165) is 10.8 Å². The molecule has 6 nitrogen and oxygen atoms in total. The van der Waals surface area contributed by atoms with Crippen molar-refractivity contribution in [2.75, 3.05) is 13.7 Å². The van der Waals surface area contributed by atoms with E-state index < -0.39 is 6.04 Å². The molecule has 0 aliphatic rings. The van der Waals surface area contributed by atoms with E-state index in [1.807, 2.05) is 55.5 Å². The van der Waals surface area contributed by atoms with E-state index in [1.165, 1.54) is 0 Å². The molecule has 1 N–H and O–H groups in total. The number of para-hydroxylation sites is 1. The maximum Gasteiger partial charge on any atom is 0.261 e. The lowest BCUT2D eigenvalue weighted by Crippen LogP contribution is -2.34. The SMILES string of the molecule is COCCn1c(C(C)NC(=O)c2cccc3ccccc23)nc2ccccc2c1=O. The standard InChI is InChI=1S/C24H23N3O3/c1-16(25-23(28)19-12-7-9-17-8-3-4-10-18(17)19)22-26-21-13-6-5-11-20(21)24(29)27(22)14-15-30-2/h3-13,16H,14-15H2,1-2H3,(H,25,28). The molecule has 1 unspecified atom stereocenters. The first-order chi connectivity index (χ1) is 14.6. The molecule has 4 aromatic rings. The highest BCUT2D eigenvalue weighted by Crippen LogP contribution is 2.20. The number of rotatable bonds is 6. The Morgan fingerprint density at radius 2 is 1.73 bits per heavy atom. The summed E-state index contributed by atoms with van der Waals surface area (Å²) >= 11 is 0. The van der Waals surface area contributed by atoms with Crippen molar-refractivity contribution in [3.63, 3.8) is 0 Å². The quantitative estimate of drug-likeness (QED) is 0.535. The molecule has 4 rings (SSSR count). The average Bonchev–Trinajstić information content (AvgIpc) is 2.78. The van der Waals surface area contributed by atoms with E-state index in [1.54, 1.807) is 29.9 Å². The number of benzene rings is 3. The Bertz CT molecular complexity index is 1270. The van der Waals surface area contributed by atoms with Gasteiger partial charge in [0.2, 0.25) is 0 Å². The van der Waals surface area contributed by atoms with Gasteiger partial charge in [-0.3, -0.25) is 14.2 Å². The summed E-state index contributed by atoms with van der Waals surface area (Å²) < 4.78 is 6.75. The number of hydrogen-bond acceptors (Lipinski definition) is 4. The zero-order valence-corrected chi connectivity index (χ0v) is 17.0. The second kappa shape index (κ2) is 8.47. The van der Waals surface area contributed by atoms with E-state index in [4.69, 9.17) is 9.72 Å². The minimum atomic E-state index is -0.467. The number of aromatic nitrogens is 2. The van der Waals surface area contributed by atoms with E-state index in [2.05, 4.69) is 5.32 Å². The highest BCUT2D eigenvalue weighted by molar-refractivity contribution is 6.07. The molecule has 0 spiro atoms. The molecule has 0 radical (unpaired) electrons. The van der Waals surface area contributed by atoms with Gasteiger partial charge >= 0.3 is 0 Å². The summed E-state index contributed by atoms with van der Waals surface area (Å²) in [6.07, 6.45) is 0. The van der Waals surface area contributed by atoms with Crippen LogP contribution in [0.1, 0.15) is 29.1 Å². The van der Waals surface area contributed by atoms with Crippen LogP contribution in [0.3, 0.4) is 0 Å². The lowest BCUT2D eigenvalue weighted by molar-refractivity contribution is 0.0938. The molecule has 0 saturated heterocycles. The average molecular weight is 401 g/mol. The van der Waals surface area contributed by atoms with Gasteiger partial charge in [0.05, 0.1) is 30.1 Å². The number of nitrogens with one attached hydrogen (secondary N) is 1. The molecule has 1 aromatic heterocycles. The third kappa shape index (κ3) is 3.69. The monoisotopic (exact) mass is 401 g/mol. The second-order valence-corrected chi connectivity index (χ2v) is 7.16. The van der Waals surface area contributed by atoms with Crippen molar-refractivity contribution in [2.24, 2.45) is 0 Å². The summed E-state index contributed by atoms with van der Waals surface area (Å²) in [5.41, 5.74) is 1.06. The number of amides is 1.